The van der Waals surface area contributed by atoms with Crippen LogP contribution >= 0.6 is 0 Å². The topological polar surface area (TPSA) is 38.3 Å². The van der Waals surface area contributed by atoms with E-state index < -0.39 is 0 Å². The fourth-order valence-electron chi connectivity index (χ4n) is 2.72. The molecule has 1 aromatic carbocycles. The number of halogens is 1. The Kier molecular flexibility index (Phi) is 5.06. The van der Waals surface area contributed by atoms with Crippen LogP contribution in [-0.4, -0.2) is 23.7 Å². The number of nitrogens with one attached hydrogen (secondary N) is 1. The molecule has 1 heterocycles. The molecule has 0 aliphatic carbocycles. The summed E-state index contributed by atoms with van der Waals surface area (Å²) in [6, 6.07) is 9.56. The van der Waals surface area contributed by atoms with Crippen molar-refractivity contribution in [2.24, 2.45) is 0 Å². The smallest absolute Gasteiger partial charge is 0.338 e. The minimum Gasteiger partial charge on any atom is -0.459 e. The molecule has 0 aromatic heterocycles. The zero-order valence-electron chi connectivity index (χ0n) is 11.7. The van der Waals surface area contributed by atoms with Gasteiger partial charge in [-0.1, -0.05) is 18.2 Å². The van der Waals surface area contributed by atoms with Crippen molar-refractivity contribution in [2.75, 3.05) is 0 Å². The first kappa shape index (κ1) is 15.6. The van der Waals surface area contributed by atoms with Gasteiger partial charge >= 0.3 is 5.97 Å². The van der Waals surface area contributed by atoms with Gasteiger partial charge in [0.15, 0.2) is 0 Å². The molecule has 1 aliphatic rings. The maximum atomic E-state index is 12.0. The average molecular weight is 267 g/mol. The predicted octanol–water partition coefficient (Wildman–Crippen LogP) is 2.92. The Morgan fingerprint density at radius 2 is 1.95 bits per heavy atom. The number of benzene rings is 1. The van der Waals surface area contributed by atoms with Crippen LogP contribution in [0.4, 0.5) is 4.70 Å². The Balaban J connectivity index is 0.00000180. The lowest BCUT2D eigenvalue weighted by molar-refractivity contribution is 0.00587. The van der Waals surface area contributed by atoms with Crippen LogP contribution in [0.2, 0.25) is 0 Å². The summed E-state index contributed by atoms with van der Waals surface area (Å²) >= 11 is 0. The van der Waals surface area contributed by atoms with Crippen LogP contribution in [0, 0.1) is 0 Å². The van der Waals surface area contributed by atoms with Gasteiger partial charge < -0.3 is 10.1 Å². The minimum absolute atomic E-state index is 0. The predicted molar refractivity (Wildman–Crippen MR) is 74.1 cm³/mol. The van der Waals surface area contributed by atoms with Crippen molar-refractivity contribution in [3.05, 3.63) is 35.9 Å². The van der Waals surface area contributed by atoms with Crippen LogP contribution in [0.3, 0.4) is 0 Å². The zero-order valence-corrected chi connectivity index (χ0v) is 11.7. The minimum atomic E-state index is -0.217. The standard InChI is InChI=1S/C15H21NO2.FH/c1-11-9-13(10-15(2,3)16-11)18-14(17)12-7-5-4-6-8-12;/h4-8,11,13,16H,9-10H2,1-3H3;1H/t11-,13+;/m0./s1. The number of piperidine rings is 1. The lowest BCUT2D eigenvalue weighted by atomic mass is 9.87. The first-order valence-corrected chi connectivity index (χ1v) is 6.50. The van der Waals surface area contributed by atoms with Crippen molar-refractivity contribution in [2.45, 2.75) is 51.3 Å². The zero-order chi connectivity index (χ0) is 13.2. The number of hydrogen-bond donors (Lipinski definition) is 1. The number of ether oxygens (including phenoxy) is 1. The Labute approximate surface area is 113 Å². The lowest BCUT2D eigenvalue weighted by Crippen LogP contribution is -2.53. The second-order valence-electron chi connectivity index (χ2n) is 5.76. The van der Waals surface area contributed by atoms with Crippen molar-refractivity contribution < 1.29 is 14.2 Å². The second kappa shape index (κ2) is 6.15. The van der Waals surface area contributed by atoms with E-state index in [1.54, 1.807) is 12.1 Å². The van der Waals surface area contributed by atoms with E-state index in [0.717, 1.165) is 12.8 Å². The molecule has 1 fully saturated rings. The summed E-state index contributed by atoms with van der Waals surface area (Å²) in [4.78, 5) is 12.0. The first-order chi connectivity index (χ1) is 8.46. The molecule has 0 bridgehead atoms. The van der Waals surface area contributed by atoms with Crippen molar-refractivity contribution >= 4 is 5.97 Å². The normalized spacial score (nSPS) is 25.2. The van der Waals surface area contributed by atoms with Gasteiger partial charge in [0.2, 0.25) is 0 Å². The number of esters is 1. The van der Waals surface area contributed by atoms with Gasteiger partial charge in [-0.25, -0.2) is 4.79 Å². The van der Waals surface area contributed by atoms with E-state index in [1.165, 1.54) is 0 Å². The maximum absolute atomic E-state index is 12.0. The molecule has 1 saturated heterocycles. The van der Waals surface area contributed by atoms with E-state index in [-0.39, 0.29) is 22.3 Å². The van der Waals surface area contributed by atoms with Gasteiger partial charge in [-0.3, -0.25) is 4.70 Å². The van der Waals surface area contributed by atoms with Gasteiger partial charge in [-0.05, 0) is 39.3 Å². The van der Waals surface area contributed by atoms with E-state index >= 15 is 0 Å². The highest BCUT2D eigenvalue weighted by molar-refractivity contribution is 5.89. The highest BCUT2D eigenvalue weighted by atomic mass is 19.0. The summed E-state index contributed by atoms with van der Waals surface area (Å²) in [6.07, 6.45) is 1.74. The summed E-state index contributed by atoms with van der Waals surface area (Å²) in [5.41, 5.74) is 0.653. The fraction of sp³-hybridized carbons (Fsp3) is 0.533. The molecule has 0 amide bonds. The van der Waals surface area contributed by atoms with Crippen LogP contribution in [0.25, 0.3) is 0 Å². The molecule has 0 spiro atoms. The summed E-state index contributed by atoms with van der Waals surface area (Å²) in [5.74, 6) is -0.217. The quantitative estimate of drug-likeness (QED) is 0.837. The van der Waals surface area contributed by atoms with Crippen molar-refractivity contribution in [3.63, 3.8) is 0 Å². The van der Waals surface area contributed by atoms with E-state index in [4.69, 9.17) is 4.74 Å². The molecule has 0 unspecified atom stereocenters. The van der Waals surface area contributed by atoms with E-state index in [2.05, 4.69) is 26.1 Å². The number of hydrogen-bond acceptors (Lipinski definition) is 3. The molecule has 2 rings (SSSR count). The average Bonchev–Trinajstić information content (AvgIpc) is 2.27. The number of carbonyl (C=O) groups is 1. The number of rotatable bonds is 2. The molecule has 0 radical (unpaired) electrons. The Morgan fingerprint density at radius 3 is 2.53 bits per heavy atom. The van der Waals surface area contributed by atoms with Crippen LogP contribution < -0.4 is 5.32 Å². The molecule has 2 atom stereocenters. The molecule has 3 nitrogen and oxygen atoms in total. The summed E-state index contributed by atoms with van der Waals surface area (Å²) in [7, 11) is 0. The molecule has 4 heteroatoms. The van der Waals surface area contributed by atoms with Gasteiger partial charge in [-0.2, -0.15) is 0 Å². The first-order valence-electron chi connectivity index (χ1n) is 6.50. The summed E-state index contributed by atoms with van der Waals surface area (Å²) in [6.45, 7) is 6.42. The van der Waals surface area contributed by atoms with Crippen molar-refractivity contribution in [1.82, 2.24) is 5.32 Å². The molecule has 1 aromatic rings. The third kappa shape index (κ3) is 4.31. The highest BCUT2D eigenvalue weighted by Crippen LogP contribution is 2.25. The molecular weight excluding hydrogens is 245 g/mol. The fourth-order valence-corrected chi connectivity index (χ4v) is 2.72. The van der Waals surface area contributed by atoms with Crippen LogP contribution in [0.1, 0.15) is 44.0 Å². The van der Waals surface area contributed by atoms with Crippen molar-refractivity contribution in [1.29, 1.82) is 0 Å². The van der Waals surface area contributed by atoms with E-state index in [9.17, 15) is 4.79 Å². The molecule has 1 N–H and O–H groups in total. The molecular formula is C15H22FNO2. The Hall–Kier alpha value is -1.42. The van der Waals surface area contributed by atoms with E-state index in [0.29, 0.717) is 11.6 Å². The van der Waals surface area contributed by atoms with Gasteiger partial charge in [0.1, 0.15) is 6.10 Å². The summed E-state index contributed by atoms with van der Waals surface area (Å²) in [5, 5.41) is 3.51. The van der Waals surface area contributed by atoms with Gasteiger partial charge in [0, 0.05) is 18.0 Å². The third-order valence-corrected chi connectivity index (χ3v) is 3.27. The second-order valence-corrected chi connectivity index (χ2v) is 5.76. The molecule has 106 valence electrons. The largest absolute Gasteiger partial charge is 0.459 e. The lowest BCUT2D eigenvalue weighted by Gasteiger charge is -2.39. The monoisotopic (exact) mass is 267 g/mol. The van der Waals surface area contributed by atoms with Crippen LogP contribution in [-0.2, 0) is 4.74 Å². The molecule has 19 heavy (non-hydrogen) atoms. The molecule has 1 aliphatic heterocycles. The third-order valence-electron chi connectivity index (χ3n) is 3.27. The highest BCUT2D eigenvalue weighted by Gasteiger charge is 2.33. The maximum Gasteiger partial charge on any atom is 0.338 e. The SMILES string of the molecule is C[C@H]1C[C@@H](OC(=O)c2ccccc2)CC(C)(C)N1.F. The van der Waals surface area contributed by atoms with Crippen LogP contribution in [0.5, 0.6) is 0 Å². The Bertz CT molecular complexity index is 419. The van der Waals surface area contributed by atoms with Gasteiger partial charge in [0.05, 0.1) is 5.56 Å². The van der Waals surface area contributed by atoms with Gasteiger partial charge in [0.25, 0.3) is 0 Å². The number of carbonyl (C=O) groups excluding carboxylic acids is 1. The Morgan fingerprint density at radius 1 is 1.32 bits per heavy atom. The van der Waals surface area contributed by atoms with E-state index in [1.807, 2.05) is 18.2 Å². The molecule has 0 saturated carbocycles. The van der Waals surface area contributed by atoms with Crippen molar-refractivity contribution in [3.8, 4) is 0 Å². The van der Waals surface area contributed by atoms with Gasteiger partial charge in [-0.15, -0.1) is 0 Å². The van der Waals surface area contributed by atoms with Crippen LogP contribution in [0.15, 0.2) is 30.3 Å². The summed E-state index contributed by atoms with van der Waals surface area (Å²) < 4.78 is 5.60.